The van der Waals surface area contributed by atoms with Crippen molar-refractivity contribution in [2.45, 2.75) is 102 Å². The Kier molecular flexibility index (Phi) is 7.66. The number of fused-ring (bicyclic) bond motifs is 6. The maximum atomic E-state index is 14.0. The van der Waals surface area contributed by atoms with E-state index >= 15 is 0 Å². The topological polar surface area (TPSA) is 125 Å². The summed E-state index contributed by atoms with van der Waals surface area (Å²) in [6.45, 7) is 12.5. The van der Waals surface area contributed by atoms with Crippen LogP contribution < -0.4 is 0 Å². The van der Waals surface area contributed by atoms with E-state index in [4.69, 9.17) is 33.2 Å². The predicted molar refractivity (Wildman–Crippen MR) is 154 cm³/mol. The standard InChI is InChI=1S/C33H46O10/c1-29(2)17-21(34)25(35)32(6)22(20-18-40-30(3,4)43-23(20)24-27(32)41-24)26(42-28(36)19-11-9-8-10-12-19)33(29,37-7)14-13-31(5)38-15-16-39-31/h8-14,20-27,34-35H,15-18H2,1-7H3/b14-13+/t20-,21?,22+,23+,24+,25?,26+,27+,32+,33+/m0/s1. The summed E-state index contributed by atoms with van der Waals surface area (Å²) in [6, 6.07) is 8.82. The number of aliphatic hydroxyl groups excluding tert-OH is 2. The fourth-order valence-corrected chi connectivity index (χ4v) is 8.36. The van der Waals surface area contributed by atoms with Crippen LogP contribution in [-0.2, 0) is 33.2 Å². The molecule has 2 N–H and O–H groups in total. The number of hydrogen-bond acceptors (Lipinski definition) is 10. The highest BCUT2D eigenvalue weighted by atomic mass is 16.7. The second-order valence-corrected chi connectivity index (χ2v) is 14.2. The third kappa shape index (κ3) is 4.98. The molecule has 6 rings (SSSR count). The van der Waals surface area contributed by atoms with Gasteiger partial charge in [-0.3, -0.25) is 0 Å². The van der Waals surface area contributed by atoms with Gasteiger partial charge in [0.25, 0.3) is 0 Å². The first kappa shape index (κ1) is 31.1. The quantitative estimate of drug-likeness (QED) is 0.295. The van der Waals surface area contributed by atoms with Crippen molar-refractivity contribution in [3.63, 3.8) is 0 Å². The van der Waals surface area contributed by atoms with Crippen LogP contribution in [0.5, 0.6) is 0 Å². The minimum Gasteiger partial charge on any atom is -0.455 e. The Bertz CT molecular complexity index is 1230. The monoisotopic (exact) mass is 602 g/mol. The molecule has 10 nitrogen and oxygen atoms in total. The van der Waals surface area contributed by atoms with Crippen LogP contribution in [0, 0.1) is 22.7 Å². The number of epoxide rings is 1. The van der Waals surface area contributed by atoms with Crippen molar-refractivity contribution in [2.75, 3.05) is 26.9 Å². The molecule has 2 saturated carbocycles. The second kappa shape index (κ2) is 10.6. The molecular formula is C33H46O10. The first-order valence-electron chi connectivity index (χ1n) is 15.3. The Hall–Kier alpha value is -1.89. The average molecular weight is 603 g/mol. The van der Waals surface area contributed by atoms with Crippen molar-refractivity contribution in [3.8, 4) is 0 Å². The van der Waals surface area contributed by atoms with Gasteiger partial charge in [0, 0.05) is 29.8 Å². The number of hydrogen-bond donors (Lipinski definition) is 2. The zero-order valence-electron chi connectivity index (χ0n) is 26.1. The van der Waals surface area contributed by atoms with Crippen LogP contribution in [0.2, 0.25) is 0 Å². The summed E-state index contributed by atoms with van der Waals surface area (Å²) in [7, 11) is 1.59. The minimum absolute atomic E-state index is 0.151. The molecule has 0 bridgehead atoms. The van der Waals surface area contributed by atoms with E-state index in [1.807, 2.05) is 59.8 Å². The Balaban J connectivity index is 1.56. The third-order valence-electron chi connectivity index (χ3n) is 10.7. The van der Waals surface area contributed by atoms with Crippen LogP contribution in [0.4, 0.5) is 0 Å². The van der Waals surface area contributed by atoms with Gasteiger partial charge in [-0.1, -0.05) is 39.0 Å². The smallest absolute Gasteiger partial charge is 0.338 e. The van der Waals surface area contributed by atoms with Crippen LogP contribution in [0.15, 0.2) is 42.5 Å². The Morgan fingerprint density at radius 3 is 2.28 bits per heavy atom. The molecule has 3 heterocycles. The Labute approximate surface area is 253 Å². The van der Waals surface area contributed by atoms with E-state index in [2.05, 4.69) is 0 Å². The van der Waals surface area contributed by atoms with Gasteiger partial charge < -0.3 is 43.4 Å². The van der Waals surface area contributed by atoms with E-state index < -0.39 is 64.3 Å². The van der Waals surface area contributed by atoms with Crippen molar-refractivity contribution in [2.24, 2.45) is 22.7 Å². The summed E-state index contributed by atoms with van der Waals surface area (Å²) < 4.78 is 44.0. The fourth-order valence-electron chi connectivity index (χ4n) is 8.36. The van der Waals surface area contributed by atoms with E-state index in [9.17, 15) is 15.0 Å². The molecule has 2 unspecified atom stereocenters. The van der Waals surface area contributed by atoms with Crippen LogP contribution >= 0.6 is 0 Å². The van der Waals surface area contributed by atoms with Gasteiger partial charge in [-0.15, -0.1) is 0 Å². The van der Waals surface area contributed by atoms with E-state index in [-0.39, 0.29) is 31.2 Å². The van der Waals surface area contributed by atoms with E-state index in [0.29, 0.717) is 18.8 Å². The van der Waals surface area contributed by atoms with Gasteiger partial charge in [0.05, 0.1) is 49.8 Å². The molecule has 1 aromatic rings. The molecule has 0 amide bonds. The SMILES string of the molecule is CO[C@]1(/C=C/C2(C)OCCO2)[C@H](OC(=O)c2ccccc2)[C@H]2[C@@H]3COC(C)(C)O[C@H]3[C@H]3O[C@H]3[C@@]2(C)C(O)C(O)CC1(C)C. The Morgan fingerprint density at radius 1 is 0.953 bits per heavy atom. The summed E-state index contributed by atoms with van der Waals surface area (Å²) in [5, 5.41) is 23.6. The second-order valence-electron chi connectivity index (χ2n) is 14.2. The molecular weight excluding hydrogens is 556 g/mol. The van der Waals surface area contributed by atoms with E-state index in [1.165, 1.54) is 0 Å². The van der Waals surface area contributed by atoms with E-state index in [1.54, 1.807) is 31.4 Å². The molecule has 3 saturated heterocycles. The molecule has 3 aliphatic heterocycles. The summed E-state index contributed by atoms with van der Waals surface area (Å²) in [5.74, 6) is -3.35. The number of esters is 1. The van der Waals surface area contributed by atoms with Crippen molar-refractivity contribution < 1.29 is 48.2 Å². The lowest BCUT2D eigenvalue weighted by Gasteiger charge is -2.61. The number of benzene rings is 1. The van der Waals surface area contributed by atoms with Crippen molar-refractivity contribution in [1.29, 1.82) is 0 Å². The maximum Gasteiger partial charge on any atom is 0.338 e. The highest BCUT2D eigenvalue weighted by molar-refractivity contribution is 5.89. The van der Waals surface area contributed by atoms with E-state index in [0.717, 1.165) is 0 Å². The normalized spacial score (nSPS) is 44.4. The molecule has 0 aromatic heterocycles. The Morgan fingerprint density at radius 2 is 1.63 bits per heavy atom. The fraction of sp³-hybridized carbons (Fsp3) is 0.727. The molecule has 2 aliphatic carbocycles. The lowest BCUT2D eigenvalue weighted by molar-refractivity contribution is -0.328. The van der Waals surface area contributed by atoms with Gasteiger partial charge in [0.1, 0.15) is 17.8 Å². The molecule has 10 heteroatoms. The van der Waals surface area contributed by atoms with Crippen molar-refractivity contribution in [1.82, 2.24) is 0 Å². The number of ether oxygens (including phenoxy) is 7. The highest BCUT2D eigenvalue weighted by Gasteiger charge is 2.76. The molecule has 5 aliphatic rings. The molecule has 0 spiro atoms. The average Bonchev–Trinajstić information content (AvgIpc) is 3.67. The minimum atomic E-state index is -1.32. The molecule has 238 valence electrons. The van der Waals surface area contributed by atoms with Crippen LogP contribution in [0.25, 0.3) is 0 Å². The molecule has 43 heavy (non-hydrogen) atoms. The summed E-state index contributed by atoms with van der Waals surface area (Å²) in [4.78, 5) is 14.0. The largest absolute Gasteiger partial charge is 0.455 e. The van der Waals surface area contributed by atoms with Gasteiger partial charge in [-0.2, -0.15) is 0 Å². The summed E-state index contributed by atoms with van der Waals surface area (Å²) in [6.07, 6.45) is -0.548. The predicted octanol–water partition coefficient (Wildman–Crippen LogP) is 3.24. The first-order valence-corrected chi connectivity index (χ1v) is 15.3. The number of rotatable bonds is 5. The maximum absolute atomic E-state index is 14.0. The lowest BCUT2D eigenvalue weighted by Crippen LogP contribution is -2.72. The molecule has 1 aromatic carbocycles. The van der Waals surface area contributed by atoms with Crippen LogP contribution in [0.3, 0.4) is 0 Å². The number of aliphatic hydroxyl groups is 2. The number of carbonyl (C=O) groups excluding carboxylic acids is 1. The third-order valence-corrected chi connectivity index (χ3v) is 10.7. The molecule has 0 radical (unpaired) electrons. The van der Waals surface area contributed by atoms with Gasteiger partial charge in [0.15, 0.2) is 11.6 Å². The summed E-state index contributed by atoms with van der Waals surface area (Å²) >= 11 is 0. The first-order chi connectivity index (χ1) is 20.2. The lowest BCUT2D eigenvalue weighted by atomic mass is 9.49. The van der Waals surface area contributed by atoms with Gasteiger partial charge in [-0.05, 0) is 51.5 Å². The number of methoxy groups -OCH3 is 1. The van der Waals surface area contributed by atoms with Gasteiger partial charge in [-0.25, -0.2) is 4.79 Å². The van der Waals surface area contributed by atoms with Crippen LogP contribution in [0.1, 0.15) is 58.3 Å². The molecule has 5 fully saturated rings. The van der Waals surface area contributed by atoms with Crippen LogP contribution in [-0.4, -0.2) is 96.9 Å². The summed E-state index contributed by atoms with van der Waals surface area (Å²) in [5.41, 5.74) is -2.84. The van der Waals surface area contributed by atoms with Crippen molar-refractivity contribution >= 4 is 5.97 Å². The van der Waals surface area contributed by atoms with Crippen molar-refractivity contribution in [3.05, 3.63) is 48.0 Å². The highest BCUT2D eigenvalue weighted by Crippen LogP contribution is 2.64. The van der Waals surface area contributed by atoms with Gasteiger partial charge in [0.2, 0.25) is 0 Å². The zero-order valence-corrected chi connectivity index (χ0v) is 26.1. The zero-order chi connectivity index (χ0) is 31.0. The molecule has 10 atom stereocenters. The number of carbonyl (C=O) groups is 1. The van der Waals surface area contributed by atoms with Gasteiger partial charge >= 0.3 is 5.97 Å².